The zero-order chi connectivity index (χ0) is 10.9. The molecule has 1 atom stereocenters. The molecular formula is C11H22N2O2. The Labute approximate surface area is 91.8 Å². The van der Waals surface area contributed by atoms with E-state index in [2.05, 4.69) is 10.6 Å². The molecule has 1 unspecified atom stereocenters. The van der Waals surface area contributed by atoms with Crippen molar-refractivity contribution in [2.45, 2.75) is 38.6 Å². The van der Waals surface area contributed by atoms with E-state index in [4.69, 9.17) is 4.74 Å². The first kappa shape index (κ1) is 12.5. The standard InChI is InChI=1S/C11H22N2O2/c1-2-15-9-6-11(14)13-10-4-3-7-12-8-5-10/h10,12H,2-9H2,1H3,(H,13,14). The van der Waals surface area contributed by atoms with Crippen molar-refractivity contribution in [2.24, 2.45) is 0 Å². The Bertz CT molecular complexity index is 177. The van der Waals surface area contributed by atoms with Crippen molar-refractivity contribution in [1.82, 2.24) is 10.6 Å². The molecule has 4 nitrogen and oxygen atoms in total. The van der Waals surface area contributed by atoms with Gasteiger partial charge in [0.05, 0.1) is 6.61 Å². The second kappa shape index (κ2) is 7.65. The first-order valence-electron chi connectivity index (χ1n) is 5.90. The summed E-state index contributed by atoms with van der Waals surface area (Å²) in [4.78, 5) is 11.5. The maximum atomic E-state index is 11.5. The molecule has 0 aromatic heterocycles. The summed E-state index contributed by atoms with van der Waals surface area (Å²) in [6, 6.07) is 0.356. The summed E-state index contributed by atoms with van der Waals surface area (Å²) in [5.41, 5.74) is 0. The van der Waals surface area contributed by atoms with Crippen LogP contribution in [0.25, 0.3) is 0 Å². The number of amides is 1. The Morgan fingerprint density at radius 2 is 2.33 bits per heavy atom. The largest absolute Gasteiger partial charge is 0.381 e. The smallest absolute Gasteiger partial charge is 0.222 e. The minimum atomic E-state index is 0.121. The zero-order valence-electron chi connectivity index (χ0n) is 9.55. The molecule has 88 valence electrons. The number of nitrogens with one attached hydrogen (secondary N) is 2. The summed E-state index contributed by atoms with van der Waals surface area (Å²) in [5.74, 6) is 0.121. The number of hydrogen-bond acceptors (Lipinski definition) is 3. The fourth-order valence-electron chi connectivity index (χ4n) is 1.77. The van der Waals surface area contributed by atoms with Crippen molar-refractivity contribution in [3.63, 3.8) is 0 Å². The van der Waals surface area contributed by atoms with Gasteiger partial charge in [-0.2, -0.15) is 0 Å². The number of carbonyl (C=O) groups excluding carboxylic acids is 1. The molecule has 0 spiro atoms. The molecule has 1 fully saturated rings. The van der Waals surface area contributed by atoms with E-state index in [0.29, 0.717) is 25.7 Å². The number of carbonyl (C=O) groups is 1. The molecule has 1 aliphatic rings. The van der Waals surface area contributed by atoms with E-state index < -0.39 is 0 Å². The predicted octanol–water partition coefficient (Wildman–Crippen LogP) is 0.671. The third-order valence-corrected chi connectivity index (χ3v) is 2.62. The van der Waals surface area contributed by atoms with Crippen molar-refractivity contribution in [2.75, 3.05) is 26.3 Å². The van der Waals surface area contributed by atoms with E-state index in [1.165, 1.54) is 0 Å². The zero-order valence-corrected chi connectivity index (χ0v) is 9.55. The minimum Gasteiger partial charge on any atom is -0.381 e. The van der Waals surface area contributed by atoms with Gasteiger partial charge in [-0.3, -0.25) is 4.79 Å². The Morgan fingerprint density at radius 1 is 1.47 bits per heavy atom. The van der Waals surface area contributed by atoms with E-state index in [1.54, 1.807) is 0 Å². The van der Waals surface area contributed by atoms with Gasteiger partial charge in [0.15, 0.2) is 0 Å². The van der Waals surface area contributed by atoms with E-state index in [1.807, 2.05) is 6.92 Å². The lowest BCUT2D eigenvalue weighted by molar-refractivity contribution is -0.122. The molecule has 4 heteroatoms. The average Bonchev–Trinajstić information content (AvgIpc) is 2.47. The highest BCUT2D eigenvalue weighted by Crippen LogP contribution is 2.04. The maximum absolute atomic E-state index is 11.5. The first-order chi connectivity index (χ1) is 7.33. The molecule has 2 N–H and O–H groups in total. The van der Waals surface area contributed by atoms with Crippen LogP contribution >= 0.6 is 0 Å². The van der Waals surface area contributed by atoms with Gasteiger partial charge in [-0.15, -0.1) is 0 Å². The third-order valence-electron chi connectivity index (χ3n) is 2.62. The molecule has 0 aliphatic carbocycles. The van der Waals surface area contributed by atoms with Crippen LogP contribution in [0.1, 0.15) is 32.6 Å². The molecule has 1 amide bonds. The highest BCUT2D eigenvalue weighted by atomic mass is 16.5. The Morgan fingerprint density at radius 3 is 3.13 bits per heavy atom. The van der Waals surface area contributed by atoms with Crippen molar-refractivity contribution >= 4 is 5.91 Å². The maximum Gasteiger partial charge on any atom is 0.222 e. The van der Waals surface area contributed by atoms with E-state index in [9.17, 15) is 4.79 Å². The first-order valence-corrected chi connectivity index (χ1v) is 5.90. The van der Waals surface area contributed by atoms with Gasteiger partial charge in [0.25, 0.3) is 0 Å². The van der Waals surface area contributed by atoms with Crippen LogP contribution in [0.4, 0.5) is 0 Å². The van der Waals surface area contributed by atoms with Gasteiger partial charge in [0, 0.05) is 19.1 Å². The summed E-state index contributed by atoms with van der Waals surface area (Å²) in [6.45, 7) is 5.24. The Hall–Kier alpha value is -0.610. The van der Waals surface area contributed by atoms with Crippen LogP contribution in [0.3, 0.4) is 0 Å². The van der Waals surface area contributed by atoms with Crippen LogP contribution in [-0.2, 0) is 9.53 Å². The molecule has 0 bridgehead atoms. The number of ether oxygens (including phenoxy) is 1. The summed E-state index contributed by atoms with van der Waals surface area (Å²) >= 11 is 0. The molecule has 1 rings (SSSR count). The van der Waals surface area contributed by atoms with Gasteiger partial charge in [-0.05, 0) is 39.3 Å². The van der Waals surface area contributed by atoms with Gasteiger partial charge in [-0.25, -0.2) is 0 Å². The summed E-state index contributed by atoms with van der Waals surface area (Å²) < 4.78 is 5.14. The molecule has 15 heavy (non-hydrogen) atoms. The lowest BCUT2D eigenvalue weighted by Gasteiger charge is -2.15. The van der Waals surface area contributed by atoms with Gasteiger partial charge >= 0.3 is 0 Å². The molecular weight excluding hydrogens is 192 g/mol. The third kappa shape index (κ3) is 5.74. The second-order valence-electron chi connectivity index (χ2n) is 3.89. The van der Waals surface area contributed by atoms with E-state index in [0.717, 1.165) is 32.4 Å². The molecule has 0 aromatic rings. The van der Waals surface area contributed by atoms with Crippen LogP contribution in [0.2, 0.25) is 0 Å². The van der Waals surface area contributed by atoms with Gasteiger partial charge in [0.1, 0.15) is 0 Å². The summed E-state index contributed by atoms with van der Waals surface area (Å²) in [6.07, 6.45) is 3.77. The van der Waals surface area contributed by atoms with E-state index >= 15 is 0 Å². The summed E-state index contributed by atoms with van der Waals surface area (Å²) in [5, 5.41) is 6.39. The lowest BCUT2D eigenvalue weighted by atomic mass is 10.1. The quantitative estimate of drug-likeness (QED) is 0.661. The molecule has 1 aliphatic heterocycles. The van der Waals surface area contributed by atoms with Crippen molar-refractivity contribution in [3.8, 4) is 0 Å². The molecule has 1 saturated heterocycles. The van der Waals surface area contributed by atoms with Crippen LogP contribution in [-0.4, -0.2) is 38.3 Å². The highest BCUT2D eigenvalue weighted by Gasteiger charge is 2.13. The topological polar surface area (TPSA) is 50.4 Å². The molecule has 1 heterocycles. The van der Waals surface area contributed by atoms with Gasteiger partial charge < -0.3 is 15.4 Å². The van der Waals surface area contributed by atoms with Crippen LogP contribution in [0.5, 0.6) is 0 Å². The van der Waals surface area contributed by atoms with Crippen molar-refractivity contribution < 1.29 is 9.53 Å². The Balaban J connectivity index is 2.12. The van der Waals surface area contributed by atoms with Crippen LogP contribution < -0.4 is 10.6 Å². The fourth-order valence-corrected chi connectivity index (χ4v) is 1.77. The lowest BCUT2D eigenvalue weighted by Crippen LogP contribution is -2.35. The average molecular weight is 214 g/mol. The number of hydrogen-bond donors (Lipinski definition) is 2. The van der Waals surface area contributed by atoms with E-state index in [-0.39, 0.29) is 5.91 Å². The summed E-state index contributed by atoms with van der Waals surface area (Å²) in [7, 11) is 0. The van der Waals surface area contributed by atoms with Crippen LogP contribution in [0.15, 0.2) is 0 Å². The molecule has 0 aromatic carbocycles. The normalized spacial score (nSPS) is 22.1. The fraction of sp³-hybridized carbons (Fsp3) is 0.909. The van der Waals surface area contributed by atoms with Crippen molar-refractivity contribution in [3.05, 3.63) is 0 Å². The molecule has 0 radical (unpaired) electrons. The van der Waals surface area contributed by atoms with Gasteiger partial charge in [0.2, 0.25) is 5.91 Å². The van der Waals surface area contributed by atoms with Crippen LogP contribution in [0, 0.1) is 0 Å². The predicted molar refractivity (Wildman–Crippen MR) is 59.8 cm³/mol. The monoisotopic (exact) mass is 214 g/mol. The van der Waals surface area contributed by atoms with Crippen molar-refractivity contribution in [1.29, 1.82) is 0 Å². The number of rotatable bonds is 5. The Kier molecular flexibility index (Phi) is 6.36. The highest BCUT2D eigenvalue weighted by molar-refractivity contribution is 5.76. The molecule has 0 saturated carbocycles. The minimum absolute atomic E-state index is 0.121. The van der Waals surface area contributed by atoms with Gasteiger partial charge in [-0.1, -0.05) is 0 Å². The SMILES string of the molecule is CCOCCC(=O)NC1CCCNCC1. The second-order valence-corrected chi connectivity index (χ2v) is 3.89.